The zero-order chi connectivity index (χ0) is 21.8. The van der Waals surface area contributed by atoms with Gasteiger partial charge in [-0.1, -0.05) is 12.1 Å². The maximum absolute atomic E-state index is 13.3. The number of ether oxygens (including phenoxy) is 1. The number of nitrogens with one attached hydrogen (secondary N) is 2. The van der Waals surface area contributed by atoms with Crippen molar-refractivity contribution in [3.8, 4) is 0 Å². The van der Waals surface area contributed by atoms with Crippen LogP contribution in [0.3, 0.4) is 0 Å². The highest BCUT2D eigenvalue weighted by atomic mass is 127. The third-order valence-electron chi connectivity index (χ3n) is 5.24. The minimum atomic E-state index is -0.248. The van der Waals surface area contributed by atoms with E-state index in [-0.39, 0.29) is 42.0 Å². The van der Waals surface area contributed by atoms with E-state index in [2.05, 4.69) is 35.6 Å². The van der Waals surface area contributed by atoms with Crippen LogP contribution >= 0.6 is 24.0 Å². The van der Waals surface area contributed by atoms with Crippen LogP contribution in [0.15, 0.2) is 41.8 Å². The monoisotopic (exact) mass is 554 g/mol. The number of hydrogen-bond acceptors (Lipinski definition) is 6. The van der Waals surface area contributed by atoms with Crippen LogP contribution in [0, 0.1) is 5.82 Å². The molecule has 0 saturated carbocycles. The number of benzene rings is 1. The third-order valence-corrected chi connectivity index (χ3v) is 5.24. The smallest absolute Gasteiger partial charge is 0.193 e. The number of guanidine groups is 1. The predicted molar refractivity (Wildman–Crippen MR) is 133 cm³/mol. The van der Waals surface area contributed by atoms with Crippen molar-refractivity contribution >= 4 is 46.8 Å². The molecule has 0 aliphatic carbocycles. The number of anilines is 1. The van der Waals surface area contributed by atoms with E-state index in [1.54, 1.807) is 30.1 Å². The Hall–Kier alpha value is -2.54. The molecule has 2 unspecified atom stereocenters. The van der Waals surface area contributed by atoms with Crippen molar-refractivity contribution in [2.75, 3.05) is 38.5 Å². The Bertz CT molecular complexity index is 1060. The minimum Gasteiger partial charge on any atom is -0.368 e. The van der Waals surface area contributed by atoms with Gasteiger partial charge in [0.2, 0.25) is 0 Å². The molecule has 3 aromatic rings. The molecule has 172 valence electrons. The molecule has 2 aromatic heterocycles. The Morgan fingerprint density at radius 3 is 2.75 bits per heavy atom. The van der Waals surface area contributed by atoms with Crippen molar-refractivity contribution in [2.24, 2.45) is 12.0 Å². The normalized spacial score (nSPS) is 19.0. The van der Waals surface area contributed by atoms with Crippen molar-refractivity contribution in [2.45, 2.75) is 19.1 Å². The molecule has 2 N–H and O–H groups in total. The maximum atomic E-state index is 13.3. The van der Waals surface area contributed by atoms with Gasteiger partial charge in [-0.2, -0.15) is 5.10 Å². The van der Waals surface area contributed by atoms with Crippen LogP contribution in [0.2, 0.25) is 0 Å². The van der Waals surface area contributed by atoms with Crippen molar-refractivity contribution in [1.82, 2.24) is 30.0 Å². The fourth-order valence-electron chi connectivity index (χ4n) is 3.78. The lowest BCUT2D eigenvalue weighted by Gasteiger charge is -2.38. The lowest BCUT2D eigenvalue weighted by Crippen LogP contribution is -2.51. The van der Waals surface area contributed by atoms with E-state index in [1.807, 2.05) is 14.0 Å². The predicted octanol–water partition coefficient (Wildman–Crippen LogP) is 2.57. The number of rotatable bonds is 5. The van der Waals surface area contributed by atoms with Crippen molar-refractivity contribution in [3.05, 3.63) is 48.2 Å². The molecule has 11 heteroatoms. The Kier molecular flexibility index (Phi) is 8.18. The molecule has 1 aliphatic rings. The van der Waals surface area contributed by atoms with Gasteiger partial charge in [-0.3, -0.25) is 9.67 Å². The second-order valence-electron chi connectivity index (χ2n) is 7.52. The number of fused-ring (bicyclic) bond motifs is 1. The molecular weight excluding hydrogens is 526 g/mol. The van der Waals surface area contributed by atoms with Crippen LogP contribution in [0.25, 0.3) is 11.0 Å². The van der Waals surface area contributed by atoms with Crippen LogP contribution in [0.1, 0.15) is 18.6 Å². The number of nitrogens with zero attached hydrogens (tertiary/aromatic N) is 6. The van der Waals surface area contributed by atoms with E-state index >= 15 is 0 Å². The standard InChI is InChI=1S/C21H27FN8O.HI/c1-14-11-30(12-18(31-14)15-4-6-16(22)7-5-15)21(23-2)25-9-8-24-19-17-10-28-29(3)20(17)27-13-26-19;/h4-7,10,13-14,18H,8-9,11-12H2,1-3H3,(H,23,25)(H,24,26,27);1H. The first kappa shape index (κ1) is 24.1. The van der Waals surface area contributed by atoms with Gasteiger partial charge in [0.1, 0.15) is 24.1 Å². The summed E-state index contributed by atoms with van der Waals surface area (Å²) in [6, 6.07) is 6.48. The van der Waals surface area contributed by atoms with Crippen LogP contribution in [0.5, 0.6) is 0 Å². The maximum Gasteiger partial charge on any atom is 0.193 e. The van der Waals surface area contributed by atoms with Crippen LogP contribution < -0.4 is 10.6 Å². The van der Waals surface area contributed by atoms with Gasteiger partial charge in [-0.25, -0.2) is 14.4 Å². The SMILES string of the molecule is CN=C(NCCNc1ncnc2c1cnn2C)N1CC(C)OC(c2ccc(F)cc2)C1.I. The van der Waals surface area contributed by atoms with Gasteiger partial charge in [0, 0.05) is 33.7 Å². The Balaban J connectivity index is 0.00000289. The summed E-state index contributed by atoms with van der Waals surface area (Å²) in [5.74, 6) is 1.31. The summed E-state index contributed by atoms with van der Waals surface area (Å²) in [5.41, 5.74) is 1.75. The quantitative estimate of drug-likeness (QED) is 0.217. The lowest BCUT2D eigenvalue weighted by molar-refractivity contribution is -0.0604. The molecule has 1 saturated heterocycles. The molecule has 0 spiro atoms. The van der Waals surface area contributed by atoms with Crippen molar-refractivity contribution < 1.29 is 9.13 Å². The molecule has 1 aromatic carbocycles. The molecule has 1 fully saturated rings. The van der Waals surface area contributed by atoms with Gasteiger partial charge < -0.3 is 20.3 Å². The molecule has 9 nitrogen and oxygen atoms in total. The van der Waals surface area contributed by atoms with E-state index in [0.29, 0.717) is 19.6 Å². The molecule has 0 radical (unpaired) electrons. The Labute approximate surface area is 203 Å². The summed E-state index contributed by atoms with van der Waals surface area (Å²) in [7, 11) is 3.62. The number of aromatic nitrogens is 4. The number of aliphatic imine (C=N–C) groups is 1. The zero-order valence-corrected chi connectivity index (χ0v) is 20.7. The summed E-state index contributed by atoms with van der Waals surface area (Å²) in [5, 5.41) is 11.8. The summed E-state index contributed by atoms with van der Waals surface area (Å²) in [6.45, 7) is 4.72. The van der Waals surface area contributed by atoms with E-state index in [4.69, 9.17) is 4.74 Å². The summed E-state index contributed by atoms with van der Waals surface area (Å²) < 4.78 is 21.1. The third kappa shape index (κ3) is 5.44. The highest BCUT2D eigenvalue weighted by Crippen LogP contribution is 2.25. The molecule has 0 amide bonds. The summed E-state index contributed by atoms with van der Waals surface area (Å²) >= 11 is 0. The molecule has 3 heterocycles. The minimum absolute atomic E-state index is 0. The molecule has 32 heavy (non-hydrogen) atoms. The Morgan fingerprint density at radius 2 is 2.00 bits per heavy atom. The van der Waals surface area contributed by atoms with E-state index in [0.717, 1.165) is 34.9 Å². The molecule has 2 atom stereocenters. The number of morpholine rings is 1. The first-order valence-corrected chi connectivity index (χ1v) is 10.3. The molecule has 1 aliphatic heterocycles. The van der Waals surface area contributed by atoms with Gasteiger partial charge in [-0.05, 0) is 24.6 Å². The fraction of sp³-hybridized carbons (Fsp3) is 0.429. The number of hydrogen-bond donors (Lipinski definition) is 2. The second kappa shape index (κ2) is 10.9. The Morgan fingerprint density at radius 1 is 1.22 bits per heavy atom. The molecular formula is C21H28FIN8O. The van der Waals surface area contributed by atoms with Gasteiger partial charge in [-0.15, -0.1) is 24.0 Å². The van der Waals surface area contributed by atoms with Crippen molar-refractivity contribution in [3.63, 3.8) is 0 Å². The highest BCUT2D eigenvalue weighted by molar-refractivity contribution is 14.0. The first-order valence-electron chi connectivity index (χ1n) is 10.3. The number of halogens is 2. The topological polar surface area (TPSA) is 92.5 Å². The van der Waals surface area contributed by atoms with Gasteiger partial charge in [0.15, 0.2) is 11.6 Å². The number of aryl methyl sites for hydroxylation is 1. The molecule has 0 bridgehead atoms. The van der Waals surface area contributed by atoms with Crippen LogP contribution in [-0.2, 0) is 11.8 Å². The van der Waals surface area contributed by atoms with E-state index in [9.17, 15) is 4.39 Å². The largest absolute Gasteiger partial charge is 0.368 e. The first-order chi connectivity index (χ1) is 15.0. The zero-order valence-electron chi connectivity index (χ0n) is 18.3. The van der Waals surface area contributed by atoms with Gasteiger partial charge in [0.25, 0.3) is 0 Å². The average molecular weight is 554 g/mol. The molecule has 4 rings (SSSR count). The summed E-state index contributed by atoms with van der Waals surface area (Å²) in [6.07, 6.45) is 3.18. The van der Waals surface area contributed by atoms with Gasteiger partial charge >= 0.3 is 0 Å². The average Bonchev–Trinajstić information content (AvgIpc) is 3.15. The fourth-order valence-corrected chi connectivity index (χ4v) is 3.78. The van der Waals surface area contributed by atoms with E-state index in [1.165, 1.54) is 18.5 Å². The lowest BCUT2D eigenvalue weighted by atomic mass is 10.1. The van der Waals surface area contributed by atoms with Crippen molar-refractivity contribution in [1.29, 1.82) is 0 Å². The van der Waals surface area contributed by atoms with E-state index < -0.39 is 0 Å². The summed E-state index contributed by atoms with van der Waals surface area (Å²) in [4.78, 5) is 15.2. The van der Waals surface area contributed by atoms with Crippen LogP contribution in [0.4, 0.5) is 10.2 Å². The van der Waals surface area contributed by atoms with Gasteiger partial charge in [0.05, 0.1) is 24.2 Å². The highest BCUT2D eigenvalue weighted by Gasteiger charge is 2.28. The van der Waals surface area contributed by atoms with Crippen LogP contribution in [-0.4, -0.2) is 69.9 Å². The second-order valence-corrected chi connectivity index (χ2v) is 7.52.